The van der Waals surface area contributed by atoms with Crippen molar-refractivity contribution in [2.45, 2.75) is 85.5 Å². The fourth-order valence-electron chi connectivity index (χ4n) is 11.2. The molecule has 0 fully saturated rings. The summed E-state index contributed by atoms with van der Waals surface area (Å²) in [7, 11) is 0. The third kappa shape index (κ3) is 29.3. The van der Waals surface area contributed by atoms with Crippen molar-refractivity contribution in [3.05, 3.63) is 274 Å². The van der Waals surface area contributed by atoms with Crippen LogP contribution in [0.2, 0.25) is 0 Å². The standard InChI is InChI=1S/C24H24N2O4.C14H18BrN.C14H18N.C11H13N.C9H4INO4.C4H8Br2.2CH4.BrH.Zn/c27-24-12-9-21-20(22(26(28)29)10-11-23(21)30-24)8-4-5-15-25-16-13-19(14-17-25)18-6-2-1-3-7-18;15-9-4-10-16-11-7-14(8-12-16)13-5-2-1-3-6-13;1-2-10-15-11-8-14(9-12-15)13-6-4-3-5-7-13;1-2-4-10(5-3-1)11-6-8-12-9-7-11;10-9-5-1-4-8(12)15-7(5)3-2-6(9)11(13)14;5-3-1-2-4-6;;;;/h1-3,6-7,9-13H,4-5,8,14-17H2;1-3,5-7H,4,8-12H2;3-8H,1-2,9-12H2;1-6,12H,7-9H2;1-4H;1-4H2;2*1H4;1H;/q;;-1;;;;;;;+2/p-1. The van der Waals surface area contributed by atoms with Crippen LogP contribution in [0, 0.1) is 30.7 Å². The van der Waals surface area contributed by atoms with Crippen LogP contribution in [0.25, 0.3) is 44.2 Å². The van der Waals surface area contributed by atoms with E-state index in [1.54, 1.807) is 6.07 Å². The van der Waals surface area contributed by atoms with Gasteiger partial charge in [-0.3, -0.25) is 30.0 Å². The van der Waals surface area contributed by atoms with Gasteiger partial charge in [-0.1, -0.05) is 208 Å². The molecule has 2 aromatic heterocycles. The van der Waals surface area contributed by atoms with Gasteiger partial charge in [0.25, 0.3) is 11.4 Å². The molecule has 8 aromatic rings. The summed E-state index contributed by atoms with van der Waals surface area (Å²) < 4.78 is 10.6. The molecule has 0 amide bonds. The minimum atomic E-state index is -0.466. The number of nitrogens with one attached hydrogen (secondary N) is 1. The monoisotopic (exact) mass is 1750 g/mol. The van der Waals surface area contributed by atoms with E-state index in [0.717, 1.165) is 100 Å². The number of unbranched alkanes of at least 4 members (excludes halogenated alkanes) is 2. The fraction of sp³-hybridized carbons (Fsp3) is 0.346. The molecule has 6 aromatic carbocycles. The van der Waals surface area contributed by atoms with E-state index in [2.05, 4.69) is 228 Å². The number of nitro groups is 2. The number of nitrogens with zero attached hydrogens (tertiary/aromatic N) is 5. The molecule has 0 atom stereocenters. The van der Waals surface area contributed by atoms with Gasteiger partial charge in [0.15, 0.2) is 0 Å². The summed E-state index contributed by atoms with van der Waals surface area (Å²) in [5, 5.41) is 30.0. The zero-order valence-electron chi connectivity index (χ0n) is 54.5. The van der Waals surface area contributed by atoms with Crippen molar-refractivity contribution in [1.29, 1.82) is 0 Å². The van der Waals surface area contributed by atoms with Crippen molar-refractivity contribution in [2.24, 2.45) is 0 Å². The first-order valence-corrected chi connectivity index (χ1v) is 43.9. The quantitative estimate of drug-likeness (QED) is 0.0119. The number of fused-ring (bicyclic) bond motifs is 2. The predicted octanol–water partition coefficient (Wildman–Crippen LogP) is 20.4. The number of nitro benzene ring substituents is 2. The molecule has 4 aliphatic heterocycles. The van der Waals surface area contributed by atoms with E-state index in [0.29, 0.717) is 37.5 Å². The van der Waals surface area contributed by atoms with Crippen LogP contribution in [0.15, 0.2) is 213 Å². The first-order valence-electron chi connectivity index (χ1n) is 32.6. The van der Waals surface area contributed by atoms with Gasteiger partial charge in [-0.2, -0.15) is 6.42 Å². The van der Waals surface area contributed by atoms with Gasteiger partial charge in [-0.05, 0) is 182 Å². The number of halogens is 5. The number of hydrogen-bond acceptors (Lipinski definition) is 12. The van der Waals surface area contributed by atoms with Crippen LogP contribution < -0.4 is 16.6 Å². The zero-order chi connectivity index (χ0) is 68.7. The third-order valence-corrected chi connectivity index (χ3v) is 19.1. The summed E-state index contributed by atoms with van der Waals surface area (Å²) in [6.45, 7) is 15.9. The van der Waals surface area contributed by atoms with E-state index in [1.807, 2.05) is 28.7 Å². The van der Waals surface area contributed by atoms with Gasteiger partial charge in [0.2, 0.25) is 0 Å². The maximum absolute atomic E-state index is 11.5. The summed E-state index contributed by atoms with van der Waals surface area (Å²) in [5.41, 5.74) is 11.9. The van der Waals surface area contributed by atoms with Crippen molar-refractivity contribution < 1.29 is 35.0 Å². The van der Waals surface area contributed by atoms with Gasteiger partial charge in [-0.15, -0.1) is 0 Å². The molecule has 14 nitrogen and oxygen atoms in total. The molecular formula is C78H93Br4IN6O8Zn. The number of aryl methyl sites for hydroxylation is 1. The first kappa shape index (κ1) is 85.0. The van der Waals surface area contributed by atoms with Crippen LogP contribution in [-0.4, -0.2) is 113 Å². The second kappa shape index (κ2) is 49.2. The molecule has 20 heteroatoms. The van der Waals surface area contributed by atoms with Crippen LogP contribution in [0.4, 0.5) is 11.4 Å². The zero-order valence-corrected chi connectivity index (χ0v) is 65.9. The fourth-order valence-corrected chi connectivity index (χ4v) is 13.1. The van der Waals surface area contributed by atoms with E-state index in [1.165, 1.54) is 155 Å². The number of rotatable bonds is 19. The molecule has 98 heavy (non-hydrogen) atoms. The Hall–Kier alpha value is -5.39. The van der Waals surface area contributed by atoms with Crippen molar-refractivity contribution in [3.63, 3.8) is 0 Å². The van der Waals surface area contributed by atoms with Crippen molar-refractivity contribution in [3.8, 4) is 0 Å². The SMILES string of the molecule is BrCCCCBr.BrCCCN1CC=C(c2ccccc2)CC1.C.C.C1=C(c2ccccc2)CCNC1.O=c1ccc2c(CCCCN3CC=C(c4ccccc4)CC3)c([N+](=O)[O-])ccc2o1.O=c1ccc2c(I)c([N+](=O)[O-])ccc2o1.[CH2-]CCN1CC=C(c2ccccc2)CC1.[Zn+][Br]. The Kier molecular flexibility index (Phi) is 42.7. The van der Waals surface area contributed by atoms with Crippen molar-refractivity contribution in [2.75, 3.05) is 88.0 Å². The maximum atomic E-state index is 11.5. The Morgan fingerprint density at radius 1 is 0.480 bits per heavy atom. The van der Waals surface area contributed by atoms with Gasteiger partial charge >= 0.3 is 41.2 Å². The normalized spacial score (nSPS) is 14.3. The molecule has 4 aliphatic rings. The molecule has 12 rings (SSSR count). The molecule has 0 radical (unpaired) electrons. The van der Waals surface area contributed by atoms with Crippen LogP contribution >= 0.6 is 84.0 Å². The third-order valence-electron chi connectivity index (χ3n) is 16.3. The molecule has 1 N–H and O–H groups in total. The van der Waals surface area contributed by atoms with Crippen LogP contribution in [0.5, 0.6) is 0 Å². The topological polar surface area (TPSA) is 168 Å². The summed E-state index contributed by atoms with van der Waals surface area (Å²) in [6.07, 6.45) is 21.1. The Balaban J connectivity index is 0.000000261. The van der Waals surface area contributed by atoms with E-state index in [9.17, 15) is 29.8 Å². The molecule has 0 saturated heterocycles. The number of hydrogen-bond donors (Lipinski definition) is 1. The van der Waals surface area contributed by atoms with Crippen molar-refractivity contribution >= 4 is 140 Å². The molecule has 6 heterocycles. The van der Waals surface area contributed by atoms with Gasteiger partial charge < -0.3 is 26.0 Å². The predicted molar refractivity (Wildman–Crippen MR) is 430 cm³/mol. The molecule has 0 bridgehead atoms. The Morgan fingerprint density at radius 2 is 0.867 bits per heavy atom. The van der Waals surface area contributed by atoms with Gasteiger partial charge in [-0.25, -0.2) is 9.59 Å². The number of benzene rings is 6. The van der Waals surface area contributed by atoms with Gasteiger partial charge in [0.1, 0.15) is 14.7 Å². The molecule has 520 valence electrons. The second-order valence-electron chi connectivity index (χ2n) is 22.7. The van der Waals surface area contributed by atoms with E-state index in [4.69, 9.17) is 8.83 Å². The minimum absolute atomic E-state index is 0. The number of alkyl halides is 3. The first-order chi connectivity index (χ1) is 46.9. The summed E-state index contributed by atoms with van der Waals surface area (Å²) in [5.74, 6) is 0. The van der Waals surface area contributed by atoms with E-state index in [-0.39, 0.29) is 31.2 Å². The van der Waals surface area contributed by atoms with E-state index >= 15 is 0 Å². The average Bonchev–Trinajstić information content (AvgIpc) is 0.800. The Bertz CT molecular complexity index is 3880. The molecular weight excluding hydrogens is 1660 g/mol. The van der Waals surface area contributed by atoms with Gasteiger partial charge in [0.05, 0.1) is 9.85 Å². The molecule has 0 aliphatic carbocycles. The summed E-state index contributed by atoms with van der Waals surface area (Å²) in [6, 6.07) is 53.9. The Morgan fingerprint density at radius 3 is 1.24 bits per heavy atom. The van der Waals surface area contributed by atoms with Gasteiger partial charge in [0, 0.05) is 102 Å². The Labute approximate surface area is 635 Å². The second-order valence-corrected chi connectivity index (χ2v) is 26.2. The van der Waals surface area contributed by atoms with Crippen LogP contribution in [0.1, 0.15) is 107 Å². The van der Waals surface area contributed by atoms with E-state index < -0.39 is 16.2 Å². The average molecular weight is 1750 g/mol. The van der Waals surface area contributed by atoms with Crippen LogP contribution in [0.3, 0.4) is 0 Å². The molecule has 0 saturated carbocycles. The summed E-state index contributed by atoms with van der Waals surface area (Å²) >= 11 is 16.3. The molecule has 0 spiro atoms. The molecule has 0 unspecified atom stereocenters. The van der Waals surface area contributed by atoms with Crippen molar-refractivity contribution in [1.82, 2.24) is 20.0 Å². The van der Waals surface area contributed by atoms with Crippen LogP contribution in [-0.2, 0) is 22.8 Å². The summed E-state index contributed by atoms with van der Waals surface area (Å²) in [4.78, 5) is 51.0.